The first-order valence-corrected chi connectivity index (χ1v) is 10.8. The van der Waals surface area contributed by atoms with Crippen LogP contribution in [0.1, 0.15) is 34.3 Å². The van der Waals surface area contributed by atoms with Crippen LogP contribution in [-0.2, 0) is 10.3 Å². The molecule has 3 aromatic rings. The van der Waals surface area contributed by atoms with Gasteiger partial charge in [0.1, 0.15) is 5.75 Å². The van der Waals surface area contributed by atoms with Crippen molar-refractivity contribution in [2.75, 3.05) is 38.3 Å². The Kier molecular flexibility index (Phi) is 5.02. The number of methoxy groups -OCH3 is 1. The predicted molar refractivity (Wildman–Crippen MR) is 121 cm³/mol. The fraction of sp³-hybridized carbons (Fsp3) is 0.360. The molecule has 1 saturated heterocycles. The highest BCUT2D eigenvalue weighted by Gasteiger charge is 2.47. The zero-order chi connectivity index (χ0) is 21.4. The SMILES string of the molecule is COc1ccc(C)c(C(=O)NC2(c3cc(N4CCOCC4)cc4ncccc34)CC2)c1. The Bertz CT molecular complexity index is 1130. The van der Waals surface area contributed by atoms with E-state index >= 15 is 0 Å². The van der Waals surface area contributed by atoms with Gasteiger partial charge in [0.05, 0.1) is 31.4 Å². The third-order valence-electron chi connectivity index (χ3n) is 6.39. The molecule has 1 N–H and O–H groups in total. The summed E-state index contributed by atoms with van der Waals surface area (Å²) in [6, 6.07) is 14.1. The number of nitrogens with one attached hydrogen (secondary N) is 1. The van der Waals surface area contributed by atoms with Crippen LogP contribution in [0.5, 0.6) is 5.75 Å². The molecule has 2 aliphatic rings. The van der Waals surface area contributed by atoms with Crippen LogP contribution in [0.15, 0.2) is 48.7 Å². The average molecular weight is 418 g/mol. The van der Waals surface area contributed by atoms with Crippen molar-refractivity contribution < 1.29 is 14.3 Å². The van der Waals surface area contributed by atoms with Gasteiger partial charge in [-0.15, -0.1) is 0 Å². The van der Waals surface area contributed by atoms with Crippen molar-refractivity contribution in [2.45, 2.75) is 25.3 Å². The number of ether oxygens (including phenoxy) is 2. The van der Waals surface area contributed by atoms with E-state index < -0.39 is 0 Å². The van der Waals surface area contributed by atoms with Crippen molar-refractivity contribution in [3.8, 4) is 5.75 Å². The van der Waals surface area contributed by atoms with E-state index in [4.69, 9.17) is 9.47 Å². The largest absolute Gasteiger partial charge is 0.497 e. The smallest absolute Gasteiger partial charge is 0.252 e. The van der Waals surface area contributed by atoms with E-state index in [0.717, 1.165) is 66.9 Å². The Morgan fingerprint density at radius 1 is 1.16 bits per heavy atom. The number of hydrogen-bond acceptors (Lipinski definition) is 5. The van der Waals surface area contributed by atoms with Crippen molar-refractivity contribution in [1.82, 2.24) is 10.3 Å². The first kappa shape index (κ1) is 19.8. The first-order valence-electron chi connectivity index (χ1n) is 10.8. The number of fused-ring (bicyclic) bond motifs is 1. The van der Waals surface area contributed by atoms with Gasteiger partial charge >= 0.3 is 0 Å². The van der Waals surface area contributed by atoms with Crippen LogP contribution in [-0.4, -0.2) is 44.3 Å². The van der Waals surface area contributed by atoms with Gasteiger partial charge in [0.15, 0.2) is 0 Å². The maximum atomic E-state index is 13.3. The summed E-state index contributed by atoms with van der Waals surface area (Å²) >= 11 is 0. The molecule has 0 atom stereocenters. The molecular formula is C25H27N3O3. The van der Waals surface area contributed by atoms with Crippen molar-refractivity contribution >= 4 is 22.5 Å². The Hall–Kier alpha value is -3.12. The van der Waals surface area contributed by atoms with Gasteiger partial charge in [-0.2, -0.15) is 0 Å². The second-order valence-corrected chi connectivity index (χ2v) is 8.38. The number of carbonyl (C=O) groups is 1. The van der Waals surface area contributed by atoms with E-state index in [1.54, 1.807) is 7.11 Å². The van der Waals surface area contributed by atoms with E-state index in [0.29, 0.717) is 11.3 Å². The maximum absolute atomic E-state index is 13.3. The van der Waals surface area contributed by atoms with Gasteiger partial charge in [-0.05, 0) is 61.2 Å². The summed E-state index contributed by atoms with van der Waals surface area (Å²) in [6.07, 6.45) is 3.66. The molecule has 0 bridgehead atoms. The van der Waals surface area contributed by atoms with Gasteiger partial charge in [0.25, 0.3) is 5.91 Å². The van der Waals surface area contributed by atoms with Crippen molar-refractivity contribution in [2.24, 2.45) is 0 Å². The number of hydrogen-bond donors (Lipinski definition) is 1. The molecule has 2 fully saturated rings. The van der Waals surface area contributed by atoms with Gasteiger partial charge < -0.3 is 19.7 Å². The lowest BCUT2D eigenvalue weighted by atomic mass is 9.97. The minimum atomic E-state index is -0.365. The Balaban J connectivity index is 1.53. The highest BCUT2D eigenvalue weighted by Crippen LogP contribution is 2.49. The average Bonchev–Trinajstić information content (AvgIpc) is 3.59. The summed E-state index contributed by atoms with van der Waals surface area (Å²) in [4.78, 5) is 20.2. The standard InChI is InChI=1S/C25H27N3O3/c1-17-5-6-19(30-2)16-21(17)24(29)27-25(7-8-25)22-14-18(28-10-12-31-13-11-28)15-23-20(22)4-3-9-26-23/h3-6,9,14-16H,7-8,10-13H2,1-2H3,(H,27,29). The highest BCUT2D eigenvalue weighted by molar-refractivity contribution is 5.97. The summed E-state index contributed by atoms with van der Waals surface area (Å²) in [5, 5.41) is 4.45. The van der Waals surface area contributed by atoms with Crippen LogP contribution in [0.2, 0.25) is 0 Å². The number of aryl methyl sites for hydroxylation is 1. The highest BCUT2D eigenvalue weighted by atomic mass is 16.5. The number of amides is 1. The molecule has 160 valence electrons. The molecule has 2 heterocycles. The zero-order valence-corrected chi connectivity index (χ0v) is 18.0. The third-order valence-corrected chi connectivity index (χ3v) is 6.39. The third kappa shape index (κ3) is 3.72. The van der Waals surface area contributed by atoms with Crippen LogP contribution in [0.3, 0.4) is 0 Å². The van der Waals surface area contributed by atoms with Gasteiger partial charge in [-0.3, -0.25) is 9.78 Å². The summed E-state index contributed by atoms with van der Waals surface area (Å²) in [6.45, 7) is 5.13. The first-order chi connectivity index (χ1) is 15.1. The molecule has 0 spiro atoms. The number of morpholine rings is 1. The molecule has 1 aromatic heterocycles. The molecule has 6 nitrogen and oxygen atoms in total. The minimum absolute atomic E-state index is 0.0669. The van der Waals surface area contributed by atoms with Gasteiger partial charge in [0.2, 0.25) is 0 Å². The van der Waals surface area contributed by atoms with Crippen LogP contribution >= 0.6 is 0 Å². The van der Waals surface area contributed by atoms with Crippen molar-refractivity contribution in [3.63, 3.8) is 0 Å². The van der Waals surface area contributed by atoms with E-state index in [-0.39, 0.29) is 11.4 Å². The van der Waals surface area contributed by atoms with E-state index in [1.165, 1.54) is 0 Å². The number of aromatic nitrogens is 1. The molecule has 5 rings (SSSR count). The molecule has 1 amide bonds. The normalized spacial score (nSPS) is 17.4. The topological polar surface area (TPSA) is 63.7 Å². The summed E-state index contributed by atoms with van der Waals surface area (Å²) in [5.74, 6) is 0.618. The van der Waals surface area contributed by atoms with E-state index in [9.17, 15) is 4.79 Å². The predicted octanol–water partition coefficient (Wildman–Crippen LogP) is 3.81. The van der Waals surface area contributed by atoms with Crippen molar-refractivity contribution in [3.05, 3.63) is 65.4 Å². The molecule has 1 aliphatic carbocycles. The lowest BCUT2D eigenvalue weighted by Crippen LogP contribution is -2.37. The fourth-order valence-corrected chi connectivity index (χ4v) is 4.41. The number of rotatable bonds is 5. The molecule has 1 saturated carbocycles. The lowest BCUT2D eigenvalue weighted by Gasteiger charge is -2.30. The summed E-state index contributed by atoms with van der Waals surface area (Å²) in [5.41, 5.74) is 4.46. The summed E-state index contributed by atoms with van der Waals surface area (Å²) in [7, 11) is 1.62. The molecule has 1 aliphatic heterocycles. The number of anilines is 1. The maximum Gasteiger partial charge on any atom is 0.252 e. The quantitative estimate of drug-likeness (QED) is 0.684. The van der Waals surface area contributed by atoms with Crippen LogP contribution in [0.25, 0.3) is 10.9 Å². The van der Waals surface area contributed by atoms with Crippen LogP contribution < -0.4 is 15.0 Å². The number of nitrogens with zero attached hydrogens (tertiary/aromatic N) is 2. The van der Waals surface area contributed by atoms with Crippen LogP contribution in [0.4, 0.5) is 5.69 Å². The molecule has 0 unspecified atom stereocenters. The fourth-order valence-electron chi connectivity index (χ4n) is 4.41. The monoisotopic (exact) mass is 417 g/mol. The number of pyridine rings is 1. The minimum Gasteiger partial charge on any atom is -0.497 e. The van der Waals surface area contributed by atoms with Crippen LogP contribution in [0, 0.1) is 6.92 Å². The second kappa shape index (κ2) is 7.85. The van der Waals surface area contributed by atoms with Crippen molar-refractivity contribution in [1.29, 1.82) is 0 Å². The Morgan fingerprint density at radius 3 is 2.71 bits per heavy atom. The summed E-state index contributed by atoms with van der Waals surface area (Å²) < 4.78 is 10.9. The second-order valence-electron chi connectivity index (χ2n) is 8.38. The Labute approximate surface area is 182 Å². The molecule has 2 aromatic carbocycles. The molecule has 6 heteroatoms. The zero-order valence-electron chi connectivity index (χ0n) is 18.0. The Morgan fingerprint density at radius 2 is 1.97 bits per heavy atom. The number of benzene rings is 2. The molecule has 31 heavy (non-hydrogen) atoms. The van der Waals surface area contributed by atoms with Gasteiger partial charge in [0, 0.05) is 35.9 Å². The van der Waals surface area contributed by atoms with E-state index in [2.05, 4.69) is 33.4 Å². The lowest BCUT2D eigenvalue weighted by molar-refractivity contribution is 0.0930. The van der Waals surface area contributed by atoms with E-state index in [1.807, 2.05) is 37.4 Å². The van der Waals surface area contributed by atoms with Gasteiger partial charge in [-0.1, -0.05) is 12.1 Å². The molecular weight excluding hydrogens is 390 g/mol. The number of carbonyl (C=O) groups excluding carboxylic acids is 1. The van der Waals surface area contributed by atoms with Gasteiger partial charge in [-0.25, -0.2) is 0 Å². The molecule has 0 radical (unpaired) electrons.